The van der Waals surface area contributed by atoms with E-state index in [9.17, 15) is 14.9 Å². The van der Waals surface area contributed by atoms with Crippen LogP contribution in [0.5, 0.6) is 0 Å². The summed E-state index contributed by atoms with van der Waals surface area (Å²) in [5.41, 5.74) is 5.92. The lowest BCUT2D eigenvalue weighted by Gasteiger charge is -2.20. The molecule has 0 radical (unpaired) electrons. The van der Waals surface area contributed by atoms with E-state index in [0.717, 1.165) is 0 Å². The monoisotopic (exact) mass is 315 g/mol. The van der Waals surface area contributed by atoms with Crippen molar-refractivity contribution in [1.29, 1.82) is 0 Å². The minimum absolute atomic E-state index is 0.0630. The largest absolute Gasteiger partial charge is 0.380 e. The zero-order valence-electron chi connectivity index (χ0n) is 11.9. The maximum absolute atomic E-state index is 12.0. The predicted molar refractivity (Wildman–Crippen MR) is 79.0 cm³/mol. The number of rotatable bonds is 7. The molecule has 0 aliphatic rings. The van der Waals surface area contributed by atoms with Crippen LogP contribution < -0.4 is 5.73 Å². The van der Waals surface area contributed by atoms with Gasteiger partial charge in [0.2, 0.25) is 5.91 Å². The number of nitro benzene ring substituents is 1. The third-order valence-electron chi connectivity index (χ3n) is 3.07. The molecule has 2 N–H and O–H groups in total. The molecule has 0 saturated carbocycles. The number of carbonyl (C=O) groups is 1. The molecule has 1 unspecified atom stereocenters. The van der Waals surface area contributed by atoms with Gasteiger partial charge in [-0.15, -0.1) is 0 Å². The molecular formula is C13H18ClN3O4. The van der Waals surface area contributed by atoms with Crippen LogP contribution in [-0.2, 0) is 16.1 Å². The van der Waals surface area contributed by atoms with Gasteiger partial charge in [0.15, 0.2) is 0 Å². The summed E-state index contributed by atoms with van der Waals surface area (Å²) in [6.07, 6.45) is -0.198. The number of ether oxygens (including phenoxy) is 1. The molecule has 116 valence electrons. The number of carbonyl (C=O) groups excluding carboxylic acids is 1. The third kappa shape index (κ3) is 4.96. The van der Waals surface area contributed by atoms with Gasteiger partial charge in [0.1, 0.15) is 0 Å². The van der Waals surface area contributed by atoms with Gasteiger partial charge >= 0.3 is 0 Å². The van der Waals surface area contributed by atoms with E-state index in [1.54, 1.807) is 7.05 Å². The molecule has 0 bridgehead atoms. The quantitative estimate of drug-likeness (QED) is 0.608. The number of nitrogens with two attached hydrogens (primary N) is 1. The smallest absolute Gasteiger partial charge is 0.269 e. The minimum atomic E-state index is -0.503. The van der Waals surface area contributed by atoms with Crippen molar-refractivity contribution in [3.05, 3.63) is 38.9 Å². The molecule has 0 heterocycles. The van der Waals surface area contributed by atoms with Crippen molar-refractivity contribution < 1.29 is 14.5 Å². The lowest BCUT2D eigenvalue weighted by molar-refractivity contribution is -0.384. The van der Waals surface area contributed by atoms with E-state index in [4.69, 9.17) is 22.1 Å². The molecule has 0 aromatic heterocycles. The van der Waals surface area contributed by atoms with Gasteiger partial charge in [-0.25, -0.2) is 0 Å². The fraction of sp³-hybridized carbons (Fsp3) is 0.462. The molecule has 1 atom stereocenters. The average Bonchev–Trinajstić information content (AvgIpc) is 2.46. The van der Waals surface area contributed by atoms with Crippen LogP contribution in [0.1, 0.15) is 12.0 Å². The molecule has 0 aliphatic heterocycles. The van der Waals surface area contributed by atoms with Crippen molar-refractivity contribution in [3.63, 3.8) is 0 Å². The van der Waals surface area contributed by atoms with Gasteiger partial charge < -0.3 is 15.4 Å². The van der Waals surface area contributed by atoms with Crippen molar-refractivity contribution in [1.82, 2.24) is 4.90 Å². The Labute approximate surface area is 127 Å². The van der Waals surface area contributed by atoms with Gasteiger partial charge in [-0.2, -0.15) is 0 Å². The molecule has 21 heavy (non-hydrogen) atoms. The van der Waals surface area contributed by atoms with E-state index in [1.807, 2.05) is 0 Å². The van der Waals surface area contributed by atoms with Crippen molar-refractivity contribution in [2.24, 2.45) is 5.73 Å². The number of amides is 1. The highest BCUT2D eigenvalue weighted by molar-refractivity contribution is 6.31. The summed E-state index contributed by atoms with van der Waals surface area (Å²) < 4.78 is 5.06. The molecule has 1 aromatic rings. The number of hydrogen-bond acceptors (Lipinski definition) is 5. The molecule has 1 rings (SSSR count). The summed E-state index contributed by atoms with van der Waals surface area (Å²) >= 11 is 6.00. The highest BCUT2D eigenvalue weighted by Crippen LogP contribution is 2.23. The fourth-order valence-electron chi connectivity index (χ4n) is 1.75. The molecule has 1 aromatic carbocycles. The molecule has 0 aliphatic carbocycles. The summed E-state index contributed by atoms with van der Waals surface area (Å²) in [6.45, 7) is 0.425. The van der Waals surface area contributed by atoms with Gasteiger partial charge in [0.05, 0.1) is 17.4 Å². The first-order chi connectivity index (χ1) is 9.88. The van der Waals surface area contributed by atoms with Crippen molar-refractivity contribution in [2.75, 3.05) is 20.7 Å². The number of methoxy groups -OCH3 is 1. The van der Waals surface area contributed by atoms with Crippen LogP contribution >= 0.6 is 11.6 Å². The Morgan fingerprint density at radius 1 is 1.57 bits per heavy atom. The summed E-state index contributed by atoms with van der Waals surface area (Å²) in [5.74, 6) is -0.171. The van der Waals surface area contributed by atoms with Crippen LogP contribution in [0.2, 0.25) is 5.02 Å². The van der Waals surface area contributed by atoms with Crippen LogP contribution in [0.25, 0.3) is 0 Å². The molecular weight excluding hydrogens is 298 g/mol. The Kier molecular flexibility index (Phi) is 6.54. The number of nitrogens with zero attached hydrogens (tertiary/aromatic N) is 2. The summed E-state index contributed by atoms with van der Waals surface area (Å²) in [5, 5.41) is 11.1. The van der Waals surface area contributed by atoms with Crippen LogP contribution in [0.4, 0.5) is 5.69 Å². The Balaban J connectivity index is 2.78. The van der Waals surface area contributed by atoms with E-state index >= 15 is 0 Å². The second-order valence-electron chi connectivity index (χ2n) is 4.58. The van der Waals surface area contributed by atoms with Gasteiger partial charge in [-0.3, -0.25) is 14.9 Å². The van der Waals surface area contributed by atoms with Gasteiger partial charge in [-0.1, -0.05) is 11.6 Å². The lowest BCUT2D eigenvalue weighted by Crippen LogP contribution is -2.33. The first kappa shape index (κ1) is 17.4. The average molecular weight is 316 g/mol. The SMILES string of the molecule is COC(CN)CC(=O)N(C)Cc1cc([N+](=O)[O-])ccc1Cl. The first-order valence-electron chi connectivity index (χ1n) is 6.28. The van der Waals surface area contributed by atoms with Crippen LogP contribution in [0.3, 0.4) is 0 Å². The molecule has 1 amide bonds. The second-order valence-corrected chi connectivity index (χ2v) is 4.99. The fourth-order valence-corrected chi connectivity index (χ4v) is 1.93. The Morgan fingerprint density at radius 2 is 2.24 bits per heavy atom. The number of benzene rings is 1. The highest BCUT2D eigenvalue weighted by atomic mass is 35.5. The Bertz CT molecular complexity index is 520. The third-order valence-corrected chi connectivity index (χ3v) is 3.44. The Hall–Kier alpha value is -1.70. The standard InChI is InChI=1S/C13H18ClN3O4/c1-16(13(18)6-11(7-15)21-2)8-9-5-10(17(19)20)3-4-12(9)14/h3-5,11H,6-8,15H2,1-2H3. The molecule has 0 fully saturated rings. The molecule has 0 spiro atoms. The number of hydrogen-bond donors (Lipinski definition) is 1. The topological polar surface area (TPSA) is 98.7 Å². The maximum atomic E-state index is 12.0. The normalized spacial score (nSPS) is 12.0. The maximum Gasteiger partial charge on any atom is 0.269 e. The Morgan fingerprint density at radius 3 is 2.76 bits per heavy atom. The van der Waals surface area contributed by atoms with Gasteiger partial charge in [0, 0.05) is 44.4 Å². The van der Waals surface area contributed by atoms with Crippen molar-refractivity contribution >= 4 is 23.2 Å². The first-order valence-corrected chi connectivity index (χ1v) is 6.66. The van der Waals surface area contributed by atoms with Crippen LogP contribution in [-0.4, -0.2) is 42.5 Å². The summed E-state index contributed by atoms with van der Waals surface area (Å²) in [7, 11) is 3.09. The summed E-state index contributed by atoms with van der Waals surface area (Å²) in [4.78, 5) is 23.7. The van der Waals surface area contributed by atoms with Crippen molar-refractivity contribution in [3.8, 4) is 0 Å². The molecule has 8 heteroatoms. The highest BCUT2D eigenvalue weighted by Gasteiger charge is 2.17. The second kappa shape index (κ2) is 7.92. The zero-order valence-corrected chi connectivity index (χ0v) is 12.7. The van der Waals surface area contributed by atoms with Crippen molar-refractivity contribution in [2.45, 2.75) is 19.1 Å². The summed E-state index contributed by atoms with van der Waals surface area (Å²) in [6, 6.07) is 4.14. The number of non-ortho nitro benzene ring substituents is 1. The van der Waals surface area contributed by atoms with E-state index in [-0.39, 0.29) is 37.2 Å². The zero-order chi connectivity index (χ0) is 16.0. The van der Waals surface area contributed by atoms with Gasteiger partial charge in [-0.05, 0) is 11.6 Å². The van der Waals surface area contributed by atoms with Crippen LogP contribution in [0.15, 0.2) is 18.2 Å². The van der Waals surface area contributed by atoms with E-state index in [0.29, 0.717) is 10.6 Å². The lowest BCUT2D eigenvalue weighted by atomic mass is 10.1. The van der Waals surface area contributed by atoms with E-state index in [2.05, 4.69) is 0 Å². The van der Waals surface area contributed by atoms with E-state index < -0.39 is 4.92 Å². The minimum Gasteiger partial charge on any atom is -0.380 e. The molecule has 7 nitrogen and oxygen atoms in total. The predicted octanol–water partition coefficient (Wildman–Crippen LogP) is 1.57. The number of halogens is 1. The van der Waals surface area contributed by atoms with Gasteiger partial charge in [0.25, 0.3) is 5.69 Å². The number of nitro groups is 1. The van der Waals surface area contributed by atoms with Crippen LogP contribution in [0, 0.1) is 10.1 Å². The van der Waals surface area contributed by atoms with E-state index in [1.165, 1.54) is 30.2 Å². The molecule has 0 saturated heterocycles.